The van der Waals surface area contributed by atoms with E-state index in [0.717, 1.165) is 5.92 Å². The lowest BCUT2D eigenvalue weighted by Gasteiger charge is -2.42. The van der Waals surface area contributed by atoms with Gasteiger partial charge >= 0.3 is 0 Å². The first-order valence-corrected chi connectivity index (χ1v) is 8.57. The van der Waals surface area contributed by atoms with Crippen LogP contribution in [0, 0.1) is 18.3 Å². The van der Waals surface area contributed by atoms with Crippen LogP contribution in [0.2, 0.25) is 0 Å². The molecule has 1 heterocycles. The van der Waals surface area contributed by atoms with Gasteiger partial charge in [-0.2, -0.15) is 0 Å². The number of hydrogen-bond acceptors (Lipinski definition) is 2. The molecule has 0 bridgehead atoms. The maximum absolute atomic E-state index is 3.93. The summed E-state index contributed by atoms with van der Waals surface area (Å²) < 4.78 is 0. The number of hydrogen-bond donors (Lipinski definition) is 1. The first-order chi connectivity index (χ1) is 8.89. The highest BCUT2D eigenvalue weighted by Gasteiger charge is 2.34. The van der Waals surface area contributed by atoms with Crippen LogP contribution in [0.3, 0.4) is 0 Å². The van der Waals surface area contributed by atoms with Gasteiger partial charge in [-0.3, -0.25) is 0 Å². The molecule has 1 aliphatic carbocycles. The van der Waals surface area contributed by atoms with Crippen molar-refractivity contribution < 1.29 is 0 Å². The zero-order valence-electron chi connectivity index (χ0n) is 13.1. The molecule has 1 nitrogen and oxygen atoms in total. The Morgan fingerprint density at radius 3 is 2.53 bits per heavy atom. The minimum absolute atomic E-state index is 0.419. The predicted molar refractivity (Wildman–Crippen MR) is 85.8 cm³/mol. The van der Waals surface area contributed by atoms with Crippen LogP contribution < -0.4 is 5.32 Å². The molecule has 3 atom stereocenters. The largest absolute Gasteiger partial charge is 0.306 e. The van der Waals surface area contributed by atoms with E-state index in [4.69, 9.17) is 0 Å². The molecule has 0 spiro atoms. The predicted octanol–water partition coefficient (Wildman–Crippen LogP) is 5.31. The Bertz CT molecular complexity index is 402. The lowest BCUT2D eigenvalue weighted by molar-refractivity contribution is 0.124. The van der Waals surface area contributed by atoms with Crippen LogP contribution in [0.5, 0.6) is 0 Å². The highest BCUT2D eigenvalue weighted by Crippen LogP contribution is 2.39. The van der Waals surface area contributed by atoms with Crippen LogP contribution in [-0.4, -0.2) is 6.04 Å². The van der Waals surface area contributed by atoms with Crippen LogP contribution in [0.1, 0.15) is 69.9 Å². The summed E-state index contributed by atoms with van der Waals surface area (Å²) in [7, 11) is 0. The summed E-state index contributed by atoms with van der Waals surface area (Å²) in [5.41, 5.74) is 1.86. The second kappa shape index (κ2) is 5.97. The molecule has 2 rings (SSSR count). The molecule has 0 saturated heterocycles. The van der Waals surface area contributed by atoms with Crippen molar-refractivity contribution in [3.63, 3.8) is 0 Å². The molecule has 3 unspecified atom stereocenters. The summed E-state index contributed by atoms with van der Waals surface area (Å²) >= 11 is 1.89. The van der Waals surface area contributed by atoms with Gasteiger partial charge < -0.3 is 5.32 Å². The Labute approximate surface area is 122 Å². The van der Waals surface area contributed by atoms with E-state index >= 15 is 0 Å². The molecule has 1 aliphatic rings. The summed E-state index contributed by atoms with van der Waals surface area (Å²) in [5.74, 6) is 0.809. The lowest BCUT2D eigenvalue weighted by Crippen LogP contribution is -2.45. The molecule has 0 amide bonds. The standard InChI is InChI=1S/C17H29NS/c1-12-10-11-19-16(12)13(2)18-15-9-7-6-8-14(15)17(3,4)5/h10-11,13-15,18H,6-9H2,1-5H3. The van der Waals surface area contributed by atoms with Gasteiger partial charge in [-0.15, -0.1) is 11.3 Å². The van der Waals surface area contributed by atoms with Gasteiger partial charge in [0, 0.05) is 17.0 Å². The van der Waals surface area contributed by atoms with E-state index < -0.39 is 0 Å². The fourth-order valence-corrected chi connectivity index (χ4v) is 4.54. The fraction of sp³-hybridized carbons (Fsp3) is 0.765. The normalized spacial score (nSPS) is 26.4. The summed E-state index contributed by atoms with van der Waals surface area (Å²) in [5, 5.41) is 6.14. The molecule has 1 aromatic rings. The van der Waals surface area contributed by atoms with Gasteiger partial charge in [-0.1, -0.05) is 33.6 Å². The van der Waals surface area contributed by atoms with Crippen molar-refractivity contribution in [1.82, 2.24) is 5.32 Å². The summed E-state index contributed by atoms with van der Waals surface area (Å²) in [6.45, 7) is 11.8. The maximum Gasteiger partial charge on any atom is 0.0391 e. The summed E-state index contributed by atoms with van der Waals surface area (Å²) in [6, 6.07) is 3.42. The van der Waals surface area contributed by atoms with Crippen LogP contribution in [0.15, 0.2) is 11.4 Å². The van der Waals surface area contributed by atoms with Gasteiger partial charge in [0.2, 0.25) is 0 Å². The monoisotopic (exact) mass is 279 g/mol. The Kier molecular flexibility index (Phi) is 4.73. The Morgan fingerprint density at radius 2 is 1.95 bits per heavy atom. The van der Waals surface area contributed by atoms with Crippen molar-refractivity contribution in [1.29, 1.82) is 0 Å². The van der Waals surface area contributed by atoms with E-state index in [1.807, 2.05) is 11.3 Å². The van der Waals surface area contributed by atoms with E-state index in [2.05, 4.69) is 51.4 Å². The molecular weight excluding hydrogens is 250 g/mol. The minimum atomic E-state index is 0.419. The third-order valence-corrected chi connectivity index (χ3v) is 5.84. The fourth-order valence-electron chi connectivity index (χ4n) is 3.59. The summed E-state index contributed by atoms with van der Waals surface area (Å²) in [6.07, 6.45) is 5.53. The second-order valence-electron chi connectivity index (χ2n) is 7.22. The highest BCUT2D eigenvalue weighted by atomic mass is 32.1. The summed E-state index contributed by atoms with van der Waals surface area (Å²) in [4.78, 5) is 1.51. The lowest BCUT2D eigenvalue weighted by atomic mass is 9.69. The van der Waals surface area contributed by atoms with Crippen molar-refractivity contribution >= 4 is 11.3 Å². The SMILES string of the molecule is Cc1ccsc1C(C)NC1CCCCC1C(C)(C)C. The van der Waals surface area contributed by atoms with Crippen molar-refractivity contribution in [3.8, 4) is 0 Å². The van der Waals surface area contributed by atoms with E-state index in [1.165, 1.54) is 36.1 Å². The Morgan fingerprint density at radius 1 is 1.26 bits per heavy atom. The molecule has 1 saturated carbocycles. The number of rotatable bonds is 3. The smallest absolute Gasteiger partial charge is 0.0391 e. The third kappa shape index (κ3) is 3.61. The third-order valence-electron chi connectivity index (χ3n) is 4.64. The van der Waals surface area contributed by atoms with Crippen LogP contribution in [0.4, 0.5) is 0 Å². The van der Waals surface area contributed by atoms with Gasteiger partial charge in [0.05, 0.1) is 0 Å². The first-order valence-electron chi connectivity index (χ1n) is 7.69. The average molecular weight is 279 g/mol. The molecule has 0 radical (unpaired) electrons. The molecular formula is C17H29NS. The Balaban J connectivity index is 2.06. The van der Waals surface area contributed by atoms with Gasteiger partial charge in [-0.05, 0) is 55.0 Å². The molecule has 1 fully saturated rings. The van der Waals surface area contributed by atoms with Gasteiger partial charge in [-0.25, -0.2) is 0 Å². The zero-order valence-corrected chi connectivity index (χ0v) is 13.9. The minimum Gasteiger partial charge on any atom is -0.306 e. The molecule has 0 aliphatic heterocycles. The molecule has 1 aromatic heterocycles. The number of nitrogens with one attached hydrogen (secondary N) is 1. The topological polar surface area (TPSA) is 12.0 Å². The van der Waals surface area contributed by atoms with E-state index in [-0.39, 0.29) is 0 Å². The van der Waals surface area contributed by atoms with Gasteiger partial charge in [0.1, 0.15) is 0 Å². The first kappa shape index (κ1) is 15.1. The molecule has 108 valence electrons. The van der Waals surface area contributed by atoms with Gasteiger partial charge in [0.15, 0.2) is 0 Å². The molecule has 0 aromatic carbocycles. The number of thiophene rings is 1. The van der Waals surface area contributed by atoms with Crippen LogP contribution in [-0.2, 0) is 0 Å². The highest BCUT2D eigenvalue weighted by molar-refractivity contribution is 7.10. The van der Waals surface area contributed by atoms with E-state index in [0.29, 0.717) is 17.5 Å². The average Bonchev–Trinajstić information content (AvgIpc) is 2.75. The van der Waals surface area contributed by atoms with E-state index in [1.54, 1.807) is 0 Å². The van der Waals surface area contributed by atoms with Crippen molar-refractivity contribution in [3.05, 3.63) is 21.9 Å². The van der Waals surface area contributed by atoms with Crippen LogP contribution >= 0.6 is 11.3 Å². The van der Waals surface area contributed by atoms with Crippen molar-refractivity contribution in [2.24, 2.45) is 11.3 Å². The second-order valence-corrected chi connectivity index (χ2v) is 8.17. The van der Waals surface area contributed by atoms with Crippen molar-refractivity contribution in [2.45, 2.75) is 72.4 Å². The quantitative estimate of drug-likeness (QED) is 0.790. The zero-order chi connectivity index (χ0) is 14.0. The molecule has 2 heteroatoms. The maximum atomic E-state index is 3.93. The van der Waals surface area contributed by atoms with Crippen molar-refractivity contribution in [2.75, 3.05) is 0 Å². The van der Waals surface area contributed by atoms with Crippen LogP contribution in [0.25, 0.3) is 0 Å². The molecule has 1 N–H and O–H groups in total. The van der Waals surface area contributed by atoms with Gasteiger partial charge in [0.25, 0.3) is 0 Å². The number of aryl methyl sites for hydroxylation is 1. The molecule has 19 heavy (non-hydrogen) atoms. The Hall–Kier alpha value is -0.340. The van der Waals surface area contributed by atoms with E-state index in [9.17, 15) is 0 Å².